The molecule has 3 nitrogen and oxygen atoms in total. The Hall–Kier alpha value is -1.58. The molecule has 2 N–H and O–H groups in total. The van der Waals surface area contributed by atoms with Crippen LogP contribution in [0.1, 0.15) is 37.6 Å². The predicted octanol–water partition coefficient (Wildman–Crippen LogP) is 2.67. The molecule has 0 aliphatic rings. The number of rotatable bonds is 4. The zero-order chi connectivity index (χ0) is 13.0. The Kier molecular flexibility index (Phi) is 4.49. The molecule has 0 aliphatic heterocycles. The van der Waals surface area contributed by atoms with Crippen LogP contribution in [0.25, 0.3) is 0 Å². The standard InChI is InChI=1S/C13H19FN2O/c1-4-7-16(9(2)3)13(17)11-8-10(15)5-6-12(11)14/h5-6,8-9H,4,7,15H2,1-3H3. The molecule has 1 aromatic rings. The van der Waals surface area contributed by atoms with Gasteiger partial charge in [-0.2, -0.15) is 0 Å². The highest BCUT2D eigenvalue weighted by Crippen LogP contribution is 2.16. The number of hydrogen-bond donors (Lipinski definition) is 1. The maximum atomic E-state index is 13.6. The molecule has 94 valence electrons. The number of carbonyl (C=O) groups is 1. The van der Waals surface area contributed by atoms with Crippen LogP contribution in [-0.2, 0) is 0 Å². The third kappa shape index (κ3) is 3.19. The fourth-order valence-corrected chi connectivity index (χ4v) is 1.70. The molecule has 0 aromatic heterocycles. The quantitative estimate of drug-likeness (QED) is 0.820. The summed E-state index contributed by atoms with van der Waals surface area (Å²) in [5.74, 6) is -0.822. The lowest BCUT2D eigenvalue weighted by Gasteiger charge is -2.26. The van der Waals surface area contributed by atoms with Crippen molar-refractivity contribution in [1.29, 1.82) is 0 Å². The van der Waals surface area contributed by atoms with Crippen LogP contribution < -0.4 is 5.73 Å². The summed E-state index contributed by atoms with van der Waals surface area (Å²) in [7, 11) is 0. The zero-order valence-electron chi connectivity index (χ0n) is 10.5. The number of nitrogen functional groups attached to an aromatic ring is 1. The van der Waals surface area contributed by atoms with Gasteiger partial charge in [-0.1, -0.05) is 6.92 Å². The minimum atomic E-state index is -0.522. The second-order valence-corrected chi connectivity index (χ2v) is 4.33. The summed E-state index contributed by atoms with van der Waals surface area (Å²) in [6.45, 7) is 6.43. The summed E-state index contributed by atoms with van der Waals surface area (Å²) < 4.78 is 13.6. The van der Waals surface area contributed by atoms with Gasteiger partial charge in [0, 0.05) is 18.3 Å². The van der Waals surface area contributed by atoms with Crippen LogP contribution in [0, 0.1) is 5.82 Å². The number of anilines is 1. The van der Waals surface area contributed by atoms with Gasteiger partial charge in [-0.15, -0.1) is 0 Å². The normalized spacial score (nSPS) is 10.6. The van der Waals surface area contributed by atoms with E-state index >= 15 is 0 Å². The first-order valence-electron chi connectivity index (χ1n) is 5.83. The second-order valence-electron chi connectivity index (χ2n) is 4.33. The molecular formula is C13H19FN2O. The number of nitrogens with zero attached hydrogens (tertiary/aromatic N) is 1. The molecule has 0 bridgehead atoms. The van der Waals surface area contributed by atoms with Gasteiger partial charge in [-0.05, 0) is 38.5 Å². The van der Waals surface area contributed by atoms with E-state index in [0.29, 0.717) is 12.2 Å². The molecule has 0 aliphatic carbocycles. The first-order valence-corrected chi connectivity index (χ1v) is 5.83. The number of carbonyl (C=O) groups excluding carboxylic acids is 1. The molecule has 17 heavy (non-hydrogen) atoms. The first kappa shape index (κ1) is 13.5. The van der Waals surface area contributed by atoms with Crippen molar-refractivity contribution in [2.75, 3.05) is 12.3 Å². The summed E-state index contributed by atoms with van der Waals surface area (Å²) in [5, 5.41) is 0. The Balaban J connectivity index is 3.04. The van der Waals surface area contributed by atoms with Gasteiger partial charge in [0.25, 0.3) is 5.91 Å². The number of hydrogen-bond acceptors (Lipinski definition) is 2. The van der Waals surface area contributed by atoms with Crippen molar-refractivity contribution in [1.82, 2.24) is 4.90 Å². The van der Waals surface area contributed by atoms with Gasteiger partial charge in [-0.3, -0.25) is 4.79 Å². The Morgan fingerprint density at radius 3 is 2.65 bits per heavy atom. The van der Waals surface area contributed by atoms with Gasteiger partial charge < -0.3 is 10.6 Å². The predicted molar refractivity (Wildman–Crippen MR) is 67.3 cm³/mol. The van der Waals surface area contributed by atoms with Crippen molar-refractivity contribution in [2.24, 2.45) is 0 Å². The Morgan fingerprint density at radius 2 is 2.12 bits per heavy atom. The maximum Gasteiger partial charge on any atom is 0.257 e. The molecule has 0 saturated heterocycles. The van der Waals surface area contributed by atoms with Crippen LogP contribution in [0.4, 0.5) is 10.1 Å². The third-order valence-corrected chi connectivity index (χ3v) is 2.57. The molecular weight excluding hydrogens is 219 g/mol. The lowest BCUT2D eigenvalue weighted by molar-refractivity contribution is 0.0701. The second kappa shape index (κ2) is 5.66. The van der Waals surface area contributed by atoms with Crippen LogP contribution >= 0.6 is 0 Å². The third-order valence-electron chi connectivity index (χ3n) is 2.57. The Morgan fingerprint density at radius 1 is 1.47 bits per heavy atom. The van der Waals surface area contributed by atoms with Crippen LogP contribution in [-0.4, -0.2) is 23.4 Å². The monoisotopic (exact) mass is 238 g/mol. The highest BCUT2D eigenvalue weighted by Gasteiger charge is 2.20. The lowest BCUT2D eigenvalue weighted by atomic mass is 10.1. The number of halogens is 1. The van der Waals surface area contributed by atoms with E-state index in [0.717, 1.165) is 6.42 Å². The van der Waals surface area contributed by atoms with Crippen molar-refractivity contribution < 1.29 is 9.18 Å². The van der Waals surface area contributed by atoms with Crippen LogP contribution in [0.15, 0.2) is 18.2 Å². The average molecular weight is 238 g/mol. The molecule has 4 heteroatoms. The fourth-order valence-electron chi connectivity index (χ4n) is 1.70. The van der Waals surface area contributed by atoms with Gasteiger partial charge in [0.15, 0.2) is 0 Å². The lowest BCUT2D eigenvalue weighted by Crippen LogP contribution is -2.38. The molecule has 0 fully saturated rings. The molecule has 0 unspecified atom stereocenters. The van der Waals surface area contributed by atoms with Gasteiger partial charge in [0.2, 0.25) is 0 Å². The Bertz CT molecular complexity index is 404. The molecule has 0 atom stereocenters. The summed E-state index contributed by atoms with van der Waals surface area (Å²) in [6, 6.07) is 4.12. The van der Waals surface area contributed by atoms with E-state index in [1.165, 1.54) is 18.2 Å². The first-order chi connectivity index (χ1) is 7.97. The Labute approximate surface area is 101 Å². The van der Waals surface area contributed by atoms with Crippen molar-refractivity contribution in [2.45, 2.75) is 33.2 Å². The number of amides is 1. The zero-order valence-corrected chi connectivity index (χ0v) is 10.5. The van der Waals surface area contributed by atoms with E-state index in [4.69, 9.17) is 5.73 Å². The molecule has 0 heterocycles. The van der Waals surface area contributed by atoms with E-state index in [1.807, 2.05) is 20.8 Å². The van der Waals surface area contributed by atoms with E-state index in [9.17, 15) is 9.18 Å². The molecule has 1 aromatic carbocycles. The highest BCUT2D eigenvalue weighted by atomic mass is 19.1. The van der Waals surface area contributed by atoms with Gasteiger partial charge in [0.1, 0.15) is 5.82 Å². The summed E-state index contributed by atoms with van der Waals surface area (Å²) in [5.41, 5.74) is 6.02. The largest absolute Gasteiger partial charge is 0.399 e. The van der Waals surface area contributed by atoms with Gasteiger partial charge in [-0.25, -0.2) is 4.39 Å². The molecule has 0 saturated carbocycles. The minimum Gasteiger partial charge on any atom is -0.399 e. The van der Waals surface area contributed by atoms with Gasteiger partial charge in [0.05, 0.1) is 5.56 Å². The van der Waals surface area contributed by atoms with E-state index in [2.05, 4.69) is 0 Å². The average Bonchev–Trinajstić information content (AvgIpc) is 2.28. The molecule has 1 amide bonds. The minimum absolute atomic E-state index is 0.0447. The van der Waals surface area contributed by atoms with Crippen LogP contribution in [0.3, 0.4) is 0 Å². The van der Waals surface area contributed by atoms with Crippen molar-refractivity contribution in [3.8, 4) is 0 Å². The summed E-state index contributed by atoms with van der Waals surface area (Å²) in [6.07, 6.45) is 0.841. The van der Waals surface area contributed by atoms with Crippen molar-refractivity contribution in [3.63, 3.8) is 0 Å². The van der Waals surface area contributed by atoms with E-state index < -0.39 is 5.82 Å². The molecule has 0 radical (unpaired) electrons. The van der Waals surface area contributed by atoms with Crippen molar-refractivity contribution >= 4 is 11.6 Å². The van der Waals surface area contributed by atoms with E-state index in [-0.39, 0.29) is 17.5 Å². The smallest absolute Gasteiger partial charge is 0.257 e. The molecule has 0 spiro atoms. The number of benzene rings is 1. The molecule has 1 rings (SSSR count). The summed E-state index contributed by atoms with van der Waals surface area (Å²) >= 11 is 0. The van der Waals surface area contributed by atoms with Gasteiger partial charge >= 0.3 is 0 Å². The maximum absolute atomic E-state index is 13.6. The fraction of sp³-hybridized carbons (Fsp3) is 0.462. The van der Waals surface area contributed by atoms with Crippen LogP contribution in [0.2, 0.25) is 0 Å². The highest BCUT2D eigenvalue weighted by molar-refractivity contribution is 5.95. The van der Waals surface area contributed by atoms with E-state index in [1.54, 1.807) is 4.90 Å². The number of nitrogens with two attached hydrogens (primary N) is 1. The SMILES string of the molecule is CCCN(C(=O)c1cc(N)ccc1F)C(C)C. The van der Waals surface area contributed by atoms with Crippen molar-refractivity contribution in [3.05, 3.63) is 29.6 Å². The van der Waals surface area contributed by atoms with Crippen LogP contribution in [0.5, 0.6) is 0 Å². The summed E-state index contributed by atoms with van der Waals surface area (Å²) in [4.78, 5) is 13.8. The topological polar surface area (TPSA) is 46.3 Å².